The first kappa shape index (κ1) is 12.0. The Morgan fingerprint density at radius 1 is 1.27 bits per heavy atom. The second-order valence-corrected chi connectivity index (χ2v) is 4.02. The van der Waals surface area contributed by atoms with Gasteiger partial charge in [-0.1, -0.05) is 0 Å². The highest BCUT2D eigenvalue weighted by atomic mass is 16.5. The van der Waals surface area contributed by atoms with Crippen LogP contribution in [0.4, 0.5) is 4.79 Å². The average molecular weight is 213 g/mol. The van der Waals surface area contributed by atoms with E-state index in [1.807, 2.05) is 0 Å². The number of alkyl carbamates (subject to hydrolysis) is 1. The van der Waals surface area contributed by atoms with Crippen LogP contribution in [0.5, 0.6) is 0 Å². The molecule has 86 valence electrons. The molecule has 0 spiro atoms. The molecule has 0 saturated heterocycles. The lowest BCUT2D eigenvalue weighted by atomic mass is 9.84. The molecule has 0 radical (unpaired) electrons. The number of amides is 1. The lowest BCUT2D eigenvalue weighted by Crippen LogP contribution is -2.38. The molecule has 0 unspecified atom stereocenters. The Morgan fingerprint density at radius 2 is 1.87 bits per heavy atom. The zero-order chi connectivity index (χ0) is 11.3. The zero-order valence-electron chi connectivity index (χ0n) is 9.41. The van der Waals surface area contributed by atoms with E-state index in [1.165, 1.54) is 0 Å². The molecule has 0 aromatic carbocycles. The van der Waals surface area contributed by atoms with E-state index in [0.29, 0.717) is 6.61 Å². The van der Waals surface area contributed by atoms with Crippen molar-refractivity contribution in [3.05, 3.63) is 0 Å². The van der Waals surface area contributed by atoms with Crippen LogP contribution in [0.25, 0.3) is 0 Å². The number of ether oxygens (including phenoxy) is 1. The van der Waals surface area contributed by atoms with Gasteiger partial charge in [-0.3, -0.25) is 4.79 Å². The SMILES string of the molecule is CCOC(=O)NC1CCC(C(C)=O)CC1. The number of nitrogens with one attached hydrogen (secondary N) is 1. The van der Waals surface area contributed by atoms with E-state index in [9.17, 15) is 9.59 Å². The Kier molecular flexibility index (Phi) is 4.59. The summed E-state index contributed by atoms with van der Waals surface area (Å²) in [5.74, 6) is 0.467. The van der Waals surface area contributed by atoms with Gasteiger partial charge in [0.05, 0.1) is 6.61 Å². The molecular weight excluding hydrogens is 194 g/mol. The quantitative estimate of drug-likeness (QED) is 0.778. The Hall–Kier alpha value is -1.06. The third-order valence-electron chi connectivity index (χ3n) is 2.90. The summed E-state index contributed by atoms with van der Waals surface area (Å²) in [5.41, 5.74) is 0. The predicted molar refractivity (Wildman–Crippen MR) is 56.6 cm³/mol. The van der Waals surface area contributed by atoms with Crippen molar-refractivity contribution in [1.29, 1.82) is 0 Å². The van der Waals surface area contributed by atoms with Crippen molar-refractivity contribution in [1.82, 2.24) is 5.32 Å². The third kappa shape index (κ3) is 3.90. The summed E-state index contributed by atoms with van der Waals surface area (Å²) in [6.07, 6.45) is 3.18. The Bertz CT molecular complexity index is 232. The lowest BCUT2D eigenvalue weighted by Gasteiger charge is -2.27. The van der Waals surface area contributed by atoms with E-state index >= 15 is 0 Å². The first-order chi connectivity index (χ1) is 7.13. The van der Waals surface area contributed by atoms with Crippen LogP contribution in [0.2, 0.25) is 0 Å². The number of hydrogen-bond acceptors (Lipinski definition) is 3. The molecule has 0 heterocycles. The smallest absolute Gasteiger partial charge is 0.407 e. The fraction of sp³-hybridized carbons (Fsp3) is 0.818. The molecule has 15 heavy (non-hydrogen) atoms. The van der Waals surface area contributed by atoms with E-state index in [2.05, 4.69) is 5.32 Å². The number of rotatable bonds is 3. The molecule has 4 heteroatoms. The van der Waals surface area contributed by atoms with E-state index in [4.69, 9.17) is 4.74 Å². The minimum atomic E-state index is -0.344. The highest BCUT2D eigenvalue weighted by Crippen LogP contribution is 2.24. The molecular formula is C11H19NO3. The zero-order valence-corrected chi connectivity index (χ0v) is 9.41. The van der Waals surface area contributed by atoms with E-state index < -0.39 is 0 Å². The van der Waals surface area contributed by atoms with E-state index in [1.54, 1.807) is 13.8 Å². The van der Waals surface area contributed by atoms with Gasteiger partial charge in [0.15, 0.2) is 0 Å². The fourth-order valence-electron chi connectivity index (χ4n) is 1.98. The summed E-state index contributed by atoms with van der Waals surface area (Å²) in [7, 11) is 0. The molecule has 0 aromatic heterocycles. The van der Waals surface area contributed by atoms with Gasteiger partial charge in [-0.25, -0.2) is 4.79 Å². The van der Waals surface area contributed by atoms with E-state index in [0.717, 1.165) is 25.7 Å². The van der Waals surface area contributed by atoms with Crippen molar-refractivity contribution in [2.45, 2.75) is 45.6 Å². The van der Waals surface area contributed by atoms with Crippen LogP contribution in [-0.2, 0) is 9.53 Å². The summed E-state index contributed by atoms with van der Waals surface area (Å²) in [5, 5.41) is 2.81. The first-order valence-corrected chi connectivity index (χ1v) is 5.57. The molecule has 0 aliphatic heterocycles. The number of hydrogen-bond donors (Lipinski definition) is 1. The van der Waals surface area contributed by atoms with Crippen LogP contribution in [0.15, 0.2) is 0 Å². The van der Waals surface area contributed by atoms with Gasteiger partial charge in [-0.15, -0.1) is 0 Å². The van der Waals surface area contributed by atoms with Gasteiger partial charge in [0, 0.05) is 12.0 Å². The topological polar surface area (TPSA) is 55.4 Å². The Morgan fingerprint density at radius 3 is 2.33 bits per heavy atom. The maximum absolute atomic E-state index is 11.1. The van der Waals surface area contributed by atoms with Crippen molar-refractivity contribution >= 4 is 11.9 Å². The second kappa shape index (κ2) is 5.73. The molecule has 0 atom stereocenters. The van der Waals surface area contributed by atoms with Crippen molar-refractivity contribution in [3.63, 3.8) is 0 Å². The van der Waals surface area contributed by atoms with Crippen molar-refractivity contribution < 1.29 is 14.3 Å². The average Bonchev–Trinajstić information content (AvgIpc) is 2.18. The highest BCUT2D eigenvalue weighted by molar-refractivity contribution is 5.78. The Labute approximate surface area is 90.4 Å². The van der Waals surface area contributed by atoms with Gasteiger partial charge in [-0.05, 0) is 39.5 Å². The fourth-order valence-corrected chi connectivity index (χ4v) is 1.98. The van der Waals surface area contributed by atoms with Crippen LogP contribution in [0.1, 0.15) is 39.5 Å². The van der Waals surface area contributed by atoms with Gasteiger partial charge in [0.2, 0.25) is 0 Å². The monoisotopic (exact) mass is 213 g/mol. The molecule has 4 nitrogen and oxygen atoms in total. The van der Waals surface area contributed by atoms with Crippen LogP contribution in [0.3, 0.4) is 0 Å². The highest BCUT2D eigenvalue weighted by Gasteiger charge is 2.24. The normalized spacial score (nSPS) is 25.7. The van der Waals surface area contributed by atoms with E-state index in [-0.39, 0.29) is 23.8 Å². The standard InChI is InChI=1S/C11H19NO3/c1-3-15-11(14)12-10-6-4-9(5-7-10)8(2)13/h9-10H,3-7H2,1-2H3,(H,12,14). The van der Waals surface area contributed by atoms with Gasteiger partial charge < -0.3 is 10.1 Å². The molecule has 1 N–H and O–H groups in total. The predicted octanol–water partition coefficient (Wildman–Crippen LogP) is 1.88. The molecule has 1 aliphatic rings. The summed E-state index contributed by atoms with van der Waals surface area (Å²) in [6.45, 7) is 3.82. The van der Waals surface area contributed by atoms with Gasteiger partial charge >= 0.3 is 6.09 Å². The minimum Gasteiger partial charge on any atom is -0.450 e. The maximum Gasteiger partial charge on any atom is 0.407 e. The second-order valence-electron chi connectivity index (χ2n) is 4.02. The number of Topliss-reactive ketones (excluding diaryl/α,β-unsaturated/α-hetero) is 1. The summed E-state index contributed by atoms with van der Waals surface area (Å²) < 4.78 is 4.80. The van der Waals surface area contributed by atoms with Crippen LogP contribution in [0, 0.1) is 5.92 Å². The minimum absolute atomic E-state index is 0.180. The van der Waals surface area contributed by atoms with Crippen LogP contribution < -0.4 is 5.32 Å². The molecule has 0 bridgehead atoms. The molecule has 1 rings (SSSR count). The van der Waals surface area contributed by atoms with Crippen molar-refractivity contribution in [2.24, 2.45) is 5.92 Å². The summed E-state index contributed by atoms with van der Waals surface area (Å²) in [6, 6.07) is 0.180. The number of carbonyl (C=O) groups is 2. The van der Waals surface area contributed by atoms with Crippen molar-refractivity contribution in [3.8, 4) is 0 Å². The molecule has 1 fully saturated rings. The maximum atomic E-state index is 11.1. The molecule has 1 saturated carbocycles. The molecule has 0 aromatic rings. The number of carbonyl (C=O) groups excluding carboxylic acids is 2. The third-order valence-corrected chi connectivity index (χ3v) is 2.90. The Balaban J connectivity index is 2.25. The van der Waals surface area contributed by atoms with Gasteiger partial charge in [0.25, 0.3) is 0 Å². The lowest BCUT2D eigenvalue weighted by molar-refractivity contribution is -0.121. The first-order valence-electron chi connectivity index (χ1n) is 5.57. The van der Waals surface area contributed by atoms with Gasteiger partial charge in [-0.2, -0.15) is 0 Å². The van der Waals surface area contributed by atoms with Gasteiger partial charge in [0.1, 0.15) is 5.78 Å². The van der Waals surface area contributed by atoms with Crippen molar-refractivity contribution in [2.75, 3.05) is 6.61 Å². The largest absolute Gasteiger partial charge is 0.450 e. The summed E-state index contributed by atoms with van der Waals surface area (Å²) in [4.78, 5) is 22.2. The molecule has 1 aliphatic carbocycles. The van der Waals surface area contributed by atoms with Crippen LogP contribution >= 0.6 is 0 Å². The van der Waals surface area contributed by atoms with Crippen LogP contribution in [-0.4, -0.2) is 24.5 Å². The molecule has 1 amide bonds. The summed E-state index contributed by atoms with van der Waals surface area (Å²) >= 11 is 0. The number of ketones is 1.